The Morgan fingerprint density at radius 1 is 1.12 bits per heavy atom. The van der Waals surface area contributed by atoms with Gasteiger partial charge < -0.3 is 10.1 Å². The number of nitrogens with zero attached hydrogens (tertiary/aromatic N) is 3. The Morgan fingerprint density at radius 3 is 2.74 bits per heavy atom. The SMILES string of the molecule is Cc1ccc2nc(-c3ccc(NC(=O)COc4ccc([N+](=O)[O-])c5cccnc45)cc3)sc2c1. The molecule has 0 spiro atoms. The summed E-state index contributed by atoms with van der Waals surface area (Å²) in [7, 11) is 0. The van der Waals surface area contributed by atoms with Crippen LogP contribution in [0.5, 0.6) is 5.75 Å². The van der Waals surface area contributed by atoms with Gasteiger partial charge in [-0.15, -0.1) is 11.3 Å². The Morgan fingerprint density at radius 2 is 1.94 bits per heavy atom. The molecule has 5 rings (SSSR count). The molecule has 1 amide bonds. The van der Waals surface area contributed by atoms with Gasteiger partial charge in [0.1, 0.15) is 16.3 Å². The van der Waals surface area contributed by atoms with Crippen LogP contribution in [0.3, 0.4) is 0 Å². The van der Waals surface area contributed by atoms with Gasteiger partial charge in [-0.3, -0.25) is 19.9 Å². The minimum atomic E-state index is -0.473. The number of hydrogen-bond donors (Lipinski definition) is 1. The molecule has 5 aromatic rings. The number of hydrogen-bond acceptors (Lipinski definition) is 7. The molecule has 0 aliphatic rings. The van der Waals surface area contributed by atoms with E-state index in [1.54, 1.807) is 23.5 Å². The number of pyridine rings is 1. The number of nitrogens with one attached hydrogen (secondary N) is 1. The van der Waals surface area contributed by atoms with Gasteiger partial charge in [-0.25, -0.2) is 4.98 Å². The van der Waals surface area contributed by atoms with E-state index in [1.165, 1.54) is 23.9 Å². The van der Waals surface area contributed by atoms with E-state index >= 15 is 0 Å². The van der Waals surface area contributed by atoms with E-state index < -0.39 is 4.92 Å². The lowest BCUT2D eigenvalue weighted by Crippen LogP contribution is -2.20. The molecule has 0 fully saturated rings. The predicted octanol–water partition coefficient (Wildman–Crippen LogP) is 5.75. The molecular formula is C25H18N4O4S. The third-order valence-corrected chi connectivity index (χ3v) is 6.29. The molecular weight excluding hydrogens is 452 g/mol. The van der Waals surface area contributed by atoms with Gasteiger partial charge in [-0.05, 0) is 67.1 Å². The number of non-ortho nitro benzene ring substituents is 1. The number of carbonyl (C=O) groups excluding carboxylic acids is 1. The number of carbonyl (C=O) groups is 1. The zero-order valence-corrected chi connectivity index (χ0v) is 18.8. The third kappa shape index (κ3) is 4.28. The van der Waals surface area contributed by atoms with E-state index in [1.807, 2.05) is 36.4 Å². The summed E-state index contributed by atoms with van der Waals surface area (Å²) < 4.78 is 6.76. The van der Waals surface area contributed by atoms with Crippen LogP contribution in [0.15, 0.2) is 72.9 Å². The monoisotopic (exact) mass is 470 g/mol. The normalized spacial score (nSPS) is 11.0. The van der Waals surface area contributed by atoms with E-state index in [0.717, 1.165) is 20.8 Å². The van der Waals surface area contributed by atoms with Gasteiger partial charge in [-0.1, -0.05) is 6.07 Å². The van der Waals surface area contributed by atoms with Gasteiger partial charge >= 0.3 is 0 Å². The van der Waals surface area contributed by atoms with Crippen molar-refractivity contribution in [2.45, 2.75) is 6.92 Å². The molecule has 34 heavy (non-hydrogen) atoms. The molecule has 168 valence electrons. The first-order valence-corrected chi connectivity index (χ1v) is 11.2. The fourth-order valence-electron chi connectivity index (χ4n) is 3.60. The quantitative estimate of drug-likeness (QED) is 0.250. The number of nitro benzene ring substituents is 1. The summed E-state index contributed by atoms with van der Waals surface area (Å²) in [5, 5.41) is 15.3. The first-order chi connectivity index (χ1) is 16.5. The van der Waals surface area contributed by atoms with Gasteiger partial charge in [-0.2, -0.15) is 0 Å². The van der Waals surface area contributed by atoms with Gasteiger partial charge in [0.05, 0.1) is 20.5 Å². The number of nitro groups is 1. The van der Waals surface area contributed by atoms with Gasteiger partial charge in [0.25, 0.3) is 11.6 Å². The molecule has 0 unspecified atom stereocenters. The van der Waals surface area contributed by atoms with Crippen molar-refractivity contribution in [2.75, 3.05) is 11.9 Å². The lowest BCUT2D eigenvalue weighted by molar-refractivity contribution is -0.383. The van der Waals surface area contributed by atoms with Crippen LogP contribution in [0.25, 0.3) is 31.7 Å². The first kappa shape index (κ1) is 21.5. The highest BCUT2D eigenvalue weighted by atomic mass is 32.1. The second kappa shape index (κ2) is 8.87. The molecule has 0 aliphatic heterocycles. The third-order valence-electron chi connectivity index (χ3n) is 5.22. The van der Waals surface area contributed by atoms with Crippen LogP contribution < -0.4 is 10.1 Å². The number of fused-ring (bicyclic) bond motifs is 2. The van der Waals surface area contributed by atoms with Crippen molar-refractivity contribution in [1.82, 2.24) is 9.97 Å². The number of amides is 1. The lowest BCUT2D eigenvalue weighted by Gasteiger charge is -2.10. The van der Waals surface area contributed by atoms with E-state index in [-0.39, 0.29) is 18.2 Å². The van der Waals surface area contributed by atoms with Gasteiger partial charge in [0.15, 0.2) is 6.61 Å². The highest BCUT2D eigenvalue weighted by Gasteiger charge is 2.16. The summed E-state index contributed by atoms with van der Waals surface area (Å²) in [6.07, 6.45) is 1.52. The van der Waals surface area contributed by atoms with E-state index in [2.05, 4.69) is 28.3 Å². The van der Waals surface area contributed by atoms with Crippen molar-refractivity contribution in [1.29, 1.82) is 0 Å². The maximum atomic E-state index is 12.4. The molecule has 0 aliphatic carbocycles. The predicted molar refractivity (Wildman–Crippen MR) is 132 cm³/mol. The number of benzene rings is 3. The highest BCUT2D eigenvalue weighted by Crippen LogP contribution is 2.32. The number of rotatable bonds is 6. The van der Waals surface area contributed by atoms with E-state index in [9.17, 15) is 14.9 Å². The minimum Gasteiger partial charge on any atom is -0.481 e. The number of aryl methyl sites for hydroxylation is 1. The van der Waals surface area contributed by atoms with Crippen molar-refractivity contribution < 1.29 is 14.5 Å². The maximum absolute atomic E-state index is 12.4. The van der Waals surface area contributed by atoms with Gasteiger partial charge in [0.2, 0.25) is 0 Å². The van der Waals surface area contributed by atoms with Crippen molar-refractivity contribution in [3.05, 3.63) is 88.6 Å². The Labute approximate surface area is 198 Å². The van der Waals surface area contributed by atoms with Crippen LogP contribution in [-0.4, -0.2) is 27.4 Å². The molecule has 9 heteroatoms. The van der Waals surface area contributed by atoms with Crippen molar-refractivity contribution in [3.8, 4) is 16.3 Å². The summed E-state index contributed by atoms with van der Waals surface area (Å²) >= 11 is 1.63. The van der Waals surface area contributed by atoms with E-state index in [4.69, 9.17) is 4.74 Å². The van der Waals surface area contributed by atoms with Crippen LogP contribution in [0.2, 0.25) is 0 Å². The van der Waals surface area contributed by atoms with Crippen LogP contribution in [0, 0.1) is 17.0 Å². The summed E-state index contributed by atoms with van der Waals surface area (Å²) in [4.78, 5) is 32.1. The van der Waals surface area contributed by atoms with Crippen LogP contribution >= 0.6 is 11.3 Å². The molecule has 8 nitrogen and oxygen atoms in total. The Balaban J connectivity index is 1.26. The van der Waals surface area contributed by atoms with Crippen molar-refractivity contribution >= 4 is 49.7 Å². The van der Waals surface area contributed by atoms with Gasteiger partial charge in [0, 0.05) is 23.5 Å². The summed E-state index contributed by atoms with van der Waals surface area (Å²) in [5.41, 5.74) is 4.02. The molecule has 1 N–H and O–H groups in total. The smallest absolute Gasteiger partial charge is 0.279 e. The molecule has 0 saturated carbocycles. The fourth-order valence-corrected chi connectivity index (χ4v) is 4.67. The maximum Gasteiger partial charge on any atom is 0.279 e. The molecule has 0 bridgehead atoms. The number of aromatic nitrogens is 2. The topological polar surface area (TPSA) is 107 Å². The fraction of sp³-hybridized carbons (Fsp3) is 0.0800. The number of anilines is 1. The van der Waals surface area contributed by atoms with Crippen LogP contribution in [-0.2, 0) is 4.79 Å². The molecule has 0 radical (unpaired) electrons. The molecule has 2 heterocycles. The second-order valence-electron chi connectivity index (χ2n) is 7.64. The highest BCUT2D eigenvalue weighted by molar-refractivity contribution is 7.21. The summed E-state index contributed by atoms with van der Waals surface area (Å²) in [5.74, 6) is -0.0524. The summed E-state index contributed by atoms with van der Waals surface area (Å²) in [6.45, 7) is 1.79. The number of ether oxygens (including phenoxy) is 1. The standard InChI is InChI=1S/C25H18N4O4S/c1-15-4-9-19-22(13-15)34-25(28-19)16-5-7-17(8-6-16)27-23(30)14-33-21-11-10-20(29(31)32)18-3-2-12-26-24(18)21/h2-13H,14H2,1H3,(H,27,30). The Hall–Kier alpha value is -4.37. The molecule has 0 atom stereocenters. The van der Waals surface area contributed by atoms with E-state index in [0.29, 0.717) is 22.3 Å². The average Bonchev–Trinajstić information content (AvgIpc) is 3.26. The zero-order valence-electron chi connectivity index (χ0n) is 18.0. The largest absolute Gasteiger partial charge is 0.481 e. The average molecular weight is 471 g/mol. The van der Waals surface area contributed by atoms with Crippen LogP contribution in [0.1, 0.15) is 5.56 Å². The van der Waals surface area contributed by atoms with Crippen molar-refractivity contribution in [3.63, 3.8) is 0 Å². The Kier molecular flexibility index (Phi) is 5.60. The summed E-state index contributed by atoms with van der Waals surface area (Å²) in [6, 6.07) is 19.6. The molecule has 2 aromatic heterocycles. The number of thiazole rings is 1. The molecule has 0 saturated heterocycles. The zero-order chi connectivity index (χ0) is 23.7. The molecule has 3 aromatic carbocycles. The lowest BCUT2D eigenvalue weighted by atomic mass is 10.1. The van der Waals surface area contributed by atoms with Crippen molar-refractivity contribution in [2.24, 2.45) is 0 Å². The Bertz CT molecular complexity index is 1550. The second-order valence-corrected chi connectivity index (χ2v) is 8.67. The van der Waals surface area contributed by atoms with Crippen LogP contribution in [0.4, 0.5) is 11.4 Å². The first-order valence-electron chi connectivity index (χ1n) is 10.4. The minimum absolute atomic E-state index is 0.0664.